The summed E-state index contributed by atoms with van der Waals surface area (Å²) in [7, 11) is 0. The predicted molar refractivity (Wildman–Crippen MR) is 80.8 cm³/mol. The maximum atomic E-state index is 12.9. The van der Waals surface area contributed by atoms with E-state index in [1.54, 1.807) is 48.5 Å². The van der Waals surface area contributed by atoms with Crippen molar-refractivity contribution in [3.05, 3.63) is 71.8 Å². The van der Waals surface area contributed by atoms with E-state index < -0.39 is 23.4 Å². The maximum Gasteiger partial charge on any atom is 0.359 e. The second-order valence-corrected chi connectivity index (χ2v) is 5.09. The molecule has 0 atom stereocenters. The van der Waals surface area contributed by atoms with Crippen LogP contribution in [0.25, 0.3) is 0 Å². The molecule has 0 radical (unpaired) electrons. The monoisotopic (exact) mass is 310 g/mol. The van der Waals surface area contributed by atoms with Gasteiger partial charge < -0.3 is 10.2 Å². The lowest BCUT2D eigenvalue weighted by molar-refractivity contribution is -0.182. The molecule has 3 rings (SSSR count). The Kier molecular flexibility index (Phi) is 3.57. The van der Waals surface area contributed by atoms with Crippen LogP contribution >= 0.6 is 0 Å². The fourth-order valence-corrected chi connectivity index (χ4v) is 2.65. The molecule has 1 saturated heterocycles. The van der Waals surface area contributed by atoms with Gasteiger partial charge in [0, 0.05) is 6.92 Å². The number of rotatable bonds is 3. The van der Waals surface area contributed by atoms with Crippen molar-refractivity contribution >= 4 is 17.9 Å². The van der Waals surface area contributed by atoms with Gasteiger partial charge in [-0.2, -0.15) is 0 Å². The van der Waals surface area contributed by atoms with Crippen molar-refractivity contribution in [3.63, 3.8) is 0 Å². The zero-order chi connectivity index (χ0) is 16.4. The van der Waals surface area contributed by atoms with E-state index in [9.17, 15) is 14.4 Å². The molecular formula is C17H14N2O4. The number of carbonyl (C=O) groups excluding carboxylic acids is 3. The molecule has 23 heavy (non-hydrogen) atoms. The van der Waals surface area contributed by atoms with Crippen LogP contribution in [0.1, 0.15) is 18.1 Å². The van der Waals surface area contributed by atoms with Crippen molar-refractivity contribution in [1.82, 2.24) is 10.4 Å². The molecule has 6 heteroatoms. The largest absolute Gasteiger partial charge is 0.359 e. The molecule has 6 nitrogen and oxygen atoms in total. The second-order valence-electron chi connectivity index (χ2n) is 5.09. The molecule has 2 aromatic rings. The molecule has 116 valence electrons. The van der Waals surface area contributed by atoms with E-state index in [4.69, 9.17) is 4.84 Å². The number of hydrogen-bond donors (Lipinski definition) is 1. The van der Waals surface area contributed by atoms with E-state index in [1.165, 1.54) is 0 Å². The van der Waals surface area contributed by atoms with Crippen LogP contribution < -0.4 is 5.32 Å². The summed E-state index contributed by atoms with van der Waals surface area (Å²) < 4.78 is 0. The average Bonchev–Trinajstić information content (AvgIpc) is 2.82. The Morgan fingerprint density at radius 2 is 1.43 bits per heavy atom. The summed E-state index contributed by atoms with van der Waals surface area (Å²) in [4.78, 5) is 41.1. The molecule has 0 saturated carbocycles. The minimum atomic E-state index is -1.42. The third-order valence-electron chi connectivity index (χ3n) is 3.62. The maximum absolute atomic E-state index is 12.9. The van der Waals surface area contributed by atoms with Gasteiger partial charge in [0.05, 0.1) is 0 Å². The van der Waals surface area contributed by atoms with Crippen molar-refractivity contribution in [1.29, 1.82) is 0 Å². The Morgan fingerprint density at radius 3 is 1.87 bits per heavy atom. The SMILES string of the molecule is CC(=O)ON1C(=O)NC(c2ccccc2)(c2ccccc2)C1=O. The first-order valence-corrected chi connectivity index (χ1v) is 7.02. The third-order valence-corrected chi connectivity index (χ3v) is 3.62. The molecule has 1 fully saturated rings. The summed E-state index contributed by atoms with van der Waals surface area (Å²) in [5, 5.41) is 3.14. The van der Waals surface area contributed by atoms with Crippen molar-refractivity contribution < 1.29 is 19.2 Å². The van der Waals surface area contributed by atoms with Crippen LogP contribution in [-0.2, 0) is 20.0 Å². The van der Waals surface area contributed by atoms with E-state index in [0.29, 0.717) is 16.2 Å². The molecule has 1 heterocycles. The molecule has 1 aliphatic rings. The van der Waals surface area contributed by atoms with E-state index >= 15 is 0 Å². The Balaban J connectivity index is 2.17. The van der Waals surface area contributed by atoms with Gasteiger partial charge in [0.15, 0.2) is 5.54 Å². The van der Waals surface area contributed by atoms with Crippen LogP contribution in [0.2, 0.25) is 0 Å². The fourth-order valence-electron chi connectivity index (χ4n) is 2.65. The minimum absolute atomic E-state index is 0.475. The van der Waals surface area contributed by atoms with E-state index in [1.807, 2.05) is 12.1 Å². The first-order chi connectivity index (χ1) is 11.1. The van der Waals surface area contributed by atoms with Gasteiger partial charge in [-0.1, -0.05) is 65.7 Å². The highest BCUT2D eigenvalue weighted by Crippen LogP contribution is 2.35. The zero-order valence-electron chi connectivity index (χ0n) is 12.4. The first-order valence-electron chi connectivity index (χ1n) is 7.02. The van der Waals surface area contributed by atoms with Crippen molar-refractivity contribution in [3.8, 4) is 0 Å². The van der Waals surface area contributed by atoms with E-state index in [0.717, 1.165) is 6.92 Å². The lowest BCUT2D eigenvalue weighted by Gasteiger charge is -2.27. The van der Waals surface area contributed by atoms with Gasteiger partial charge in [0.25, 0.3) is 5.91 Å². The zero-order valence-corrected chi connectivity index (χ0v) is 12.4. The third kappa shape index (κ3) is 2.34. The summed E-state index contributed by atoms with van der Waals surface area (Å²) in [6.45, 7) is 1.13. The molecule has 0 unspecified atom stereocenters. The number of benzene rings is 2. The van der Waals surface area contributed by atoms with Gasteiger partial charge in [0.2, 0.25) is 0 Å². The molecule has 1 aliphatic heterocycles. The number of imide groups is 1. The van der Waals surface area contributed by atoms with Gasteiger partial charge in [-0.25, -0.2) is 9.59 Å². The van der Waals surface area contributed by atoms with Crippen molar-refractivity contribution in [2.45, 2.75) is 12.5 Å². The molecule has 0 aliphatic carbocycles. The number of nitrogens with zero attached hydrogens (tertiary/aromatic N) is 1. The van der Waals surface area contributed by atoms with Crippen LogP contribution in [0.3, 0.4) is 0 Å². The predicted octanol–water partition coefficient (Wildman–Crippen LogP) is 1.96. The van der Waals surface area contributed by atoms with Gasteiger partial charge in [-0.3, -0.25) is 4.79 Å². The molecule has 3 amide bonds. The quantitative estimate of drug-likeness (QED) is 0.879. The van der Waals surface area contributed by atoms with Crippen LogP contribution in [0.5, 0.6) is 0 Å². The van der Waals surface area contributed by atoms with Crippen molar-refractivity contribution in [2.24, 2.45) is 0 Å². The van der Waals surface area contributed by atoms with Crippen LogP contribution in [0.15, 0.2) is 60.7 Å². The molecule has 0 bridgehead atoms. The Bertz CT molecular complexity index is 719. The van der Waals surface area contributed by atoms with Gasteiger partial charge in [-0.05, 0) is 11.1 Å². The Morgan fingerprint density at radius 1 is 0.957 bits per heavy atom. The molecular weight excluding hydrogens is 296 g/mol. The van der Waals surface area contributed by atoms with Crippen LogP contribution in [0, 0.1) is 0 Å². The lowest BCUT2D eigenvalue weighted by atomic mass is 9.83. The number of carbonyl (C=O) groups is 3. The van der Waals surface area contributed by atoms with Crippen LogP contribution in [-0.4, -0.2) is 23.0 Å². The fraction of sp³-hybridized carbons (Fsp3) is 0.118. The summed E-state index contributed by atoms with van der Waals surface area (Å²) in [6, 6.07) is 16.9. The Labute approximate surface area is 132 Å². The Hall–Kier alpha value is -3.15. The molecule has 0 spiro atoms. The minimum Gasteiger partial charge on any atom is -0.329 e. The number of nitrogens with one attached hydrogen (secondary N) is 1. The van der Waals surface area contributed by atoms with Gasteiger partial charge >= 0.3 is 12.0 Å². The standard InChI is InChI=1S/C17H14N2O4/c1-12(20)23-19-15(21)17(18-16(19)22,13-8-4-2-5-9-13)14-10-6-3-7-11-14/h2-11H,1H3,(H,18,22). The van der Waals surface area contributed by atoms with Crippen molar-refractivity contribution in [2.75, 3.05) is 0 Å². The highest BCUT2D eigenvalue weighted by molar-refractivity contribution is 6.09. The smallest absolute Gasteiger partial charge is 0.329 e. The topological polar surface area (TPSA) is 75.7 Å². The second kappa shape index (κ2) is 5.57. The average molecular weight is 310 g/mol. The normalized spacial score (nSPS) is 16.1. The summed E-state index contributed by atoms with van der Waals surface area (Å²) in [5.74, 6) is -1.40. The first kappa shape index (κ1) is 14.8. The van der Waals surface area contributed by atoms with Gasteiger partial charge in [0.1, 0.15) is 0 Å². The van der Waals surface area contributed by atoms with Gasteiger partial charge in [-0.15, -0.1) is 0 Å². The molecule has 2 aromatic carbocycles. The lowest BCUT2D eigenvalue weighted by Crippen LogP contribution is -2.45. The highest BCUT2D eigenvalue weighted by Gasteiger charge is 2.55. The summed E-state index contributed by atoms with van der Waals surface area (Å²) in [6.07, 6.45) is 0. The van der Waals surface area contributed by atoms with E-state index in [2.05, 4.69) is 5.32 Å². The van der Waals surface area contributed by atoms with E-state index in [-0.39, 0.29) is 0 Å². The molecule has 1 N–H and O–H groups in total. The molecule has 0 aromatic heterocycles. The number of hydroxylamine groups is 2. The number of urea groups is 1. The van der Waals surface area contributed by atoms with Crippen LogP contribution in [0.4, 0.5) is 4.79 Å². The number of hydrogen-bond acceptors (Lipinski definition) is 4. The summed E-state index contributed by atoms with van der Waals surface area (Å²) in [5.41, 5.74) is -0.256. The highest BCUT2D eigenvalue weighted by atomic mass is 16.7. The number of amides is 3. The summed E-state index contributed by atoms with van der Waals surface area (Å²) >= 11 is 0.